The van der Waals surface area contributed by atoms with E-state index in [-0.39, 0.29) is 18.3 Å². The quantitative estimate of drug-likeness (QED) is 0.917. The molecule has 2 aromatic carbocycles. The molecule has 4 nitrogen and oxygen atoms in total. The summed E-state index contributed by atoms with van der Waals surface area (Å²) >= 11 is 0. The van der Waals surface area contributed by atoms with Gasteiger partial charge in [-0.05, 0) is 42.0 Å². The fourth-order valence-corrected chi connectivity index (χ4v) is 1.68. The third-order valence-electron chi connectivity index (χ3n) is 2.73. The van der Waals surface area contributed by atoms with Gasteiger partial charge in [-0.25, -0.2) is 4.39 Å². The van der Waals surface area contributed by atoms with Crippen LogP contribution in [0.15, 0.2) is 48.5 Å². The van der Waals surface area contributed by atoms with Crippen LogP contribution < -0.4 is 10.1 Å². The maximum Gasteiger partial charge on any atom is 0.258 e. The summed E-state index contributed by atoms with van der Waals surface area (Å²) in [5.41, 5.74) is 1.38. The zero-order chi connectivity index (χ0) is 15.1. The van der Waals surface area contributed by atoms with Crippen molar-refractivity contribution >= 4 is 5.91 Å². The summed E-state index contributed by atoms with van der Waals surface area (Å²) in [5.74, 6) is -0.219. The Morgan fingerprint density at radius 2 is 2.00 bits per heavy atom. The van der Waals surface area contributed by atoms with Crippen molar-refractivity contribution in [1.82, 2.24) is 5.32 Å². The summed E-state index contributed by atoms with van der Waals surface area (Å²) < 4.78 is 17.9. The minimum Gasteiger partial charge on any atom is -0.484 e. The molecule has 0 saturated carbocycles. The molecule has 0 heterocycles. The number of rotatable bonds is 5. The molecule has 0 bridgehead atoms. The van der Waals surface area contributed by atoms with E-state index in [4.69, 9.17) is 10.00 Å². The molecule has 106 valence electrons. The van der Waals surface area contributed by atoms with E-state index in [1.54, 1.807) is 18.2 Å². The predicted molar refractivity (Wildman–Crippen MR) is 74.9 cm³/mol. The van der Waals surface area contributed by atoms with Crippen molar-refractivity contribution in [3.8, 4) is 11.8 Å². The average Bonchev–Trinajstić information content (AvgIpc) is 2.52. The Morgan fingerprint density at radius 1 is 1.24 bits per heavy atom. The minimum absolute atomic E-state index is 0.149. The van der Waals surface area contributed by atoms with Crippen LogP contribution in [0, 0.1) is 17.1 Å². The SMILES string of the molecule is N#Cc1cccc(CNC(=O)COc2ccc(F)cc2)c1. The van der Waals surface area contributed by atoms with E-state index in [2.05, 4.69) is 5.32 Å². The van der Waals surface area contributed by atoms with Gasteiger partial charge in [0.2, 0.25) is 0 Å². The molecule has 21 heavy (non-hydrogen) atoms. The van der Waals surface area contributed by atoms with E-state index >= 15 is 0 Å². The highest BCUT2D eigenvalue weighted by atomic mass is 19.1. The van der Waals surface area contributed by atoms with E-state index < -0.39 is 0 Å². The molecule has 0 radical (unpaired) electrons. The Labute approximate surface area is 121 Å². The molecule has 5 heteroatoms. The van der Waals surface area contributed by atoms with Gasteiger partial charge in [-0.1, -0.05) is 12.1 Å². The smallest absolute Gasteiger partial charge is 0.258 e. The van der Waals surface area contributed by atoms with Gasteiger partial charge in [0.25, 0.3) is 5.91 Å². The monoisotopic (exact) mass is 284 g/mol. The van der Waals surface area contributed by atoms with Crippen LogP contribution in [-0.2, 0) is 11.3 Å². The molecule has 0 aliphatic rings. The number of amides is 1. The first-order valence-corrected chi connectivity index (χ1v) is 6.31. The fourth-order valence-electron chi connectivity index (χ4n) is 1.68. The number of carbonyl (C=O) groups excluding carboxylic acids is 1. The Hall–Kier alpha value is -2.87. The van der Waals surface area contributed by atoms with Crippen molar-refractivity contribution < 1.29 is 13.9 Å². The standard InChI is InChI=1S/C16H13FN2O2/c17-14-4-6-15(7-5-14)21-11-16(20)19-10-13-3-1-2-12(8-13)9-18/h1-8H,10-11H2,(H,19,20). The number of hydrogen-bond acceptors (Lipinski definition) is 3. The van der Waals surface area contributed by atoms with Gasteiger partial charge in [-0.2, -0.15) is 5.26 Å². The largest absolute Gasteiger partial charge is 0.484 e. The number of carbonyl (C=O) groups is 1. The second-order valence-corrected chi connectivity index (χ2v) is 4.33. The molecule has 0 atom stereocenters. The van der Waals surface area contributed by atoms with Crippen molar-refractivity contribution in [3.05, 3.63) is 65.5 Å². The van der Waals surface area contributed by atoms with E-state index in [9.17, 15) is 9.18 Å². The molecule has 0 fully saturated rings. The van der Waals surface area contributed by atoms with Gasteiger partial charge in [0.05, 0.1) is 11.6 Å². The Bertz CT molecular complexity index is 663. The highest BCUT2D eigenvalue weighted by Gasteiger charge is 2.03. The van der Waals surface area contributed by atoms with Gasteiger partial charge in [0.1, 0.15) is 11.6 Å². The number of halogens is 1. The van der Waals surface area contributed by atoms with Gasteiger partial charge in [-0.3, -0.25) is 4.79 Å². The number of ether oxygens (including phenoxy) is 1. The van der Waals surface area contributed by atoms with Gasteiger partial charge in [0.15, 0.2) is 6.61 Å². The molecule has 1 amide bonds. The zero-order valence-electron chi connectivity index (χ0n) is 11.2. The summed E-state index contributed by atoms with van der Waals surface area (Å²) in [7, 11) is 0. The maximum absolute atomic E-state index is 12.7. The van der Waals surface area contributed by atoms with E-state index in [1.807, 2.05) is 12.1 Å². The van der Waals surface area contributed by atoms with Crippen LogP contribution in [0.5, 0.6) is 5.75 Å². The minimum atomic E-state index is -0.357. The average molecular weight is 284 g/mol. The summed E-state index contributed by atoms with van der Waals surface area (Å²) in [6, 6.07) is 14.5. The lowest BCUT2D eigenvalue weighted by Gasteiger charge is -2.07. The molecule has 0 aromatic heterocycles. The van der Waals surface area contributed by atoms with Crippen LogP contribution in [-0.4, -0.2) is 12.5 Å². The molecular formula is C16H13FN2O2. The summed E-state index contributed by atoms with van der Waals surface area (Å²) in [4.78, 5) is 11.6. The molecule has 0 spiro atoms. The van der Waals surface area contributed by atoms with Crippen LogP contribution >= 0.6 is 0 Å². The lowest BCUT2D eigenvalue weighted by atomic mass is 10.1. The van der Waals surface area contributed by atoms with Crippen LogP contribution in [0.4, 0.5) is 4.39 Å². The third-order valence-corrected chi connectivity index (χ3v) is 2.73. The van der Waals surface area contributed by atoms with Crippen molar-refractivity contribution in [2.24, 2.45) is 0 Å². The molecule has 0 saturated heterocycles. The Kier molecular flexibility index (Phi) is 4.89. The number of benzene rings is 2. The summed E-state index contributed by atoms with van der Waals surface area (Å²) in [5, 5.41) is 11.5. The van der Waals surface area contributed by atoms with Crippen LogP contribution in [0.1, 0.15) is 11.1 Å². The van der Waals surface area contributed by atoms with Crippen LogP contribution in [0.2, 0.25) is 0 Å². The van der Waals surface area contributed by atoms with Crippen LogP contribution in [0.3, 0.4) is 0 Å². The van der Waals surface area contributed by atoms with Crippen molar-refractivity contribution in [2.45, 2.75) is 6.54 Å². The number of nitriles is 1. The topological polar surface area (TPSA) is 62.1 Å². The second kappa shape index (κ2) is 7.06. The van der Waals surface area contributed by atoms with Crippen LogP contribution in [0.25, 0.3) is 0 Å². The predicted octanol–water partition coefficient (Wildman–Crippen LogP) is 2.39. The van der Waals surface area contributed by atoms with Gasteiger partial charge in [-0.15, -0.1) is 0 Å². The van der Waals surface area contributed by atoms with Crippen molar-refractivity contribution in [3.63, 3.8) is 0 Å². The van der Waals surface area contributed by atoms with Gasteiger partial charge >= 0.3 is 0 Å². The van der Waals surface area contributed by atoms with Gasteiger partial charge in [0, 0.05) is 6.54 Å². The molecular weight excluding hydrogens is 271 g/mol. The molecule has 2 aromatic rings. The van der Waals surface area contributed by atoms with Gasteiger partial charge < -0.3 is 10.1 Å². The number of nitrogens with one attached hydrogen (secondary N) is 1. The van der Waals surface area contributed by atoms with Crippen molar-refractivity contribution in [1.29, 1.82) is 5.26 Å². The van der Waals surface area contributed by atoms with Crippen molar-refractivity contribution in [2.75, 3.05) is 6.61 Å². The van der Waals surface area contributed by atoms with E-state index in [0.717, 1.165) is 5.56 Å². The molecule has 0 aliphatic carbocycles. The molecule has 0 unspecified atom stereocenters. The number of hydrogen-bond donors (Lipinski definition) is 1. The lowest BCUT2D eigenvalue weighted by Crippen LogP contribution is -2.28. The highest BCUT2D eigenvalue weighted by Crippen LogP contribution is 2.10. The first-order valence-electron chi connectivity index (χ1n) is 6.31. The second-order valence-electron chi connectivity index (χ2n) is 4.33. The Morgan fingerprint density at radius 3 is 2.71 bits per heavy atom. The molecule has 0 aliphatic heterocycles. The maximum atomic E-state index is 12.7. The molecule has 1 N–H and O–H groups in total. The Balaban J connectivity index is 1.79. The first kappa shape index (κ1) is 14.5. The normalized spacial score (nSPS) is 9.71. The van der Waals surface area contributed by atoms with E-state index in [1.165, 1.54) is 24.3 Å². The summed E-state index contributed by atoms with van der Waals surface area (Å²) in [6.45, 7) is 0.171. The van der Waals surface area contributed by atoms with E-state index in [0.29, 0.717) is 17.9 Å². The first-order chi connectivity index (χ1) is 10.2. The third kappa shape index (κ3) is 4.62. The number of nitrogens with zero attached hydrogens (tertiary/aromatic N) is 1. The fraction of sp³-hybridized carbons (Fsp3) is 0.125. The lowest BCUT2D eigenvalue weighted by molar-refractivity contribution is -0.123. The molecule has 2 rings (SSSR count). The zero-order valence-corrected chi connectivity index (χ0v) is 11.2. The highest BCUT2D eigenvalue weighted by molar-refractivity contribution is 5.77. The summed E-state index contributed by atoms with van der Waals surface area (Å²) in [6.07, 6.45) is 0.